The fourth-order valence-electron chi connectivity index (χ4n) is 1.33. The molecule has 0 bridgehead atoms. The molecule has 0 saturated heterocycles. The van der Waals surface area contributed by atoms with Gasteiger partial charge in [-0.1, -0.05) is 6.42 Å². The van der Waals surface area contributed by atoms with Crippen LogP contribution in [0.15, 0.2) is 0 Å². The van der Waals surface area contributed by atoms with Crippen LogP contribution in [0.5, 0.6) is 0 Å². The van der Waals surface area contributed by atoms with Crippen LogP contribution in [0, 0.1) is 0 Å². The van der Waals surface area contributed by atoms with Crippen molar-refractivity contribution in [1.82, 2.24) is 15.0 Å². The lowest BCUT2D eigenvalue weighted by Gasteiger charge is -2.23. The van der Waals surface area contributed by atoms with Crippen molar-refractivity contribution >= 4 is 17.5 Å². The fraction of sp³-hybridized carbons (Fsp3) is 0.625. The molecule has 0 spiro atoms. The highest BCUT2D eigenvalue weighted by Gasteiger charge is 2.23. The smallest absolute Gasteiger partial charge is 0.227 e. The van der Waals surface area contributed by atoms with Gasteiger partial charge in [-0.05, 0) is 24.4 Å². The lowest BCUT2D eigenvalue weighted by Crippen LogP contribution is -2.14. The molecule has 0 radical (unpaired) electrons. The van der Waals surface area contributed by atoms with Crippen LogP contribution in [0.25, 0.3) is 0 Å². The Balaban J connectivity index is 2.28. The van der Waals surface area contributed by atoms with E-state index in [1.165, 1.54) is 19.3 Å². The largest absolute Gasteiger partial charge is 0.357 e. The summed E-state index contributed by atoms with van der Waals surface area (Å²) in [5.41, 5.74) is 0. The van der Waals surface area contributed by atoms with E-state index in [0.717, 1.165) is 5.82 Å². The number of halogens is 1. The van der Waals surface area contributed by atoms with Gasteiger partial charge in [0.05, 0.1) is 0 Å². The van der Waals surface area contributed by atoms with Crippen LogP contribution in [0.2, 0.25) is 5.28 Å². The molecule has 0 amide bonds. The highest BCUT2D eigenvalue weighted by Crippen LogP contribution is 2.34. The normalized spacial score (nSPS) is 16.8. The molecule has 1 aliphatic rings. The molecule has 1 heterocycles. The van der Waals surface area contributed by atoms with Crippen LogP contribution in [-0.2, 0) is 0 Å². The summed E-state index contributed by atoms with van der Waals surface area (Å²) in [4.78, 5) is 12.3. The van der Waals surface area contributed by atoms with Gasteiger partial charge in [0, 0.05) is 13.0 Å². The average Bonchev–Trinajstić information content (AvgIpc) is 2.00. The van der Waals surface area contributed by atoms with E-state index in [9.17, 15) is 0 Å². The molecule has 4 nitrogen and oxygen atoms in total. The number of hydrogen-bond donors (Lipinski definition) is 1. The molecule has 2 rings (SSSR count). The Labute approximate surface area is 81.8 Å². The monoisotopic (exact) mass is 198 g/mol. The number of nitrogens with one attached hydrogen (secondary N) is 1. The predicted octanol–water partition coefficient (Wildman–Crippen LogP) is 1.83. The zero-order valence-electron chi connectivity index (χ0n) is 7.42. The highest BCUT2D eigenvalue weighted by molar-refractivity contribution is 6.28. The maximum atomic E-state index is 5.75. The quantitative estimate of drug-likeness (QED) is 0.788. The minimum absolute atomic E-state index is 0.279. The summed E-state index contributed by atoms with van der Waals surface area (Å²) in [7, 11) is 1.77. The Hall–Kier alpha value is -0.900. The van der Waals surface area contributed by atoms with Gasteiger partial charge in [0.1, 0.15) is 5.82 Å². The minimum atomic E-state index is 0.279. The van der Waals surface area contributed by atoms with Gasteiger partial charge in [-0.15, -0.1) is 0 Å². The number of rotatable bonds is 2. The van der Waals surface area contributed by atoms with Gasteiger partial charge in [0.25, 0.3) is 0 Å². The van der Waals surface area contributed by atoms with Gasteiger partial charge in [-0.2, -0.15) is 9.97 Å². The fourth-order valence-corrected chi connectivity index (χ4v) is 1.49. The van der Waals surface area contributed by atoms with Crippen molar-refractivity contribution in [2.45, 2.75) is 25.2 Å². The van der Waals surface area contributed by atoms with Crippen LogP contribution in [0.4, 0.5) is 5.95 Å². The first kappa shape index (κ1) is 8.69. The van der Waals surface area contributed by atoms with E-state index in [-0.39, 0.29) is 5.28 Å². The zero-order chi connectivity index (χ0) is 9.26. The van der Waals surface area contributed by atoms with Crippen molar-refractivity contribution in [2.75, 3.05) is 12.4 Å². The van der Waals surface area contributed by atoms with Gasteiger partial charge >= 0.3 is 0 Å². The van der Waals surface area contributed by atoms with E-state index < -0.39 is 0 Å². The highest BCUT2D eigenvalue weighted by atomic mass is 35.5. The van der Waals surface area contributed by atoms with Crippen LogP contribution >= 0.6 is 11.6 Å². The Morgan fingerprint density at radius 3 is 2.62 bits per heavy atom. The molecule has 1 saturated carbocycles. The zero-order valence-corrected chi connectivity index (χ0v) is 8.17. The average molecular weight is 199 g/mol. The second-order valence-electron chi connectivity index (χ2n) is 3.16. The van der Waals surface area contributed by atoms with Crippen molar-refractivity contribution in [3.63, 3.8) is 0 Å². The van der Waals surface area contributed by atoms with Crippen molar-refractivity contribution in [3.8, 4) is 0 Å². The Morgan fingerprint density at radius 1 is 1.31 bits per heavy atom. The molecule has 0 atom stereocenters. The summed E-state index contributed by atoms with van der Waals surface area (Å²) in [5.74, 6) is 1.88. The summed E-state index contributed by atoms with van der Waals surface area (Å²) in [6, 6.07) is 0. The minimum Gasteiger partial charge on any atom is -0.357 e. The first-order chi connectivity index (χ1) is 6.29. The molecule has 1 aliphatic carbocycles. The first-order valence-corrected chi connectivity index (χ1v) is 4.76. The van der Waals surface area contributed by atoms with Gasteiger partial charge in [0.2, 0.25) is 11.2 Å². The van der Waals surface area contributed by atoms with E-state index in [1.54, 1.807) is 7.05 Å². The van der Waals surface area contributed by atoms with E-state index in [0.29, 0.717) is 11.9 Å². The standard InChI is InChI=1S/C8H11ClN4/c1-10-8-12-6(5-3-2-4-5)11-7(9)13-8/h5H,2-4H2,1H3,(H,10,11,12,13). The van der Waals surface area contributed by atoms with Crippen LogP contribution in [0.3, 0.4) is 0 Å². The van der Waals surface area contributed by atoms with Crippen LogP contribution in [-0.4, -0.2) is 22.0 Å². The second-order valence-corrected chi connectivity index (χ2v) is 3.50. The lowest BCUT2D eigenvalue weighted by atomic mass is 9.85. The third-order valence-electron chi connectivity index (χ3n) is 2.32. The van der Waals surface area contributed by atoms with Crippen molar-refractivity contribution < 1.29 is 0 Å². The summed E-state index contributed by atoms with van der Waals surface area (Å²) >= 11 is 5.75. The number of hydrogen-bond acceptors (Lipinski definition) is 4. The molecule has 5 heteroatoms. The third-order valence-corrected chi connectivity index (χ3v) is 2.49. The van der Waals surface area contributed by atoms with Crippen LogP contribution < -0.4 is 5.32 Å². The molecule has 1 aromatic rings. The number of aromatic nitrogens is 3. The van der Waals surface area contributed by atoms with Gasteiger partial charge < -0.3 is 5.32 Å². The van der Waals surface area contributed by atoms with E-state index >= 15 is 0 Å². The van der Waals surface area contributed by atoms with Gasteiger partial charge in [-0.25, -0.2) is 4.98 Å². The Kier molecular flexibility index (Phi) is 2.31. The summed E-state index contributed by atoms with van der Waals surface area (Å²) in [5, 5.41) is 3.14. The van der Waals surface area contributed by atoms with E-state index in [2.05, 4.69) is 20.3 Å². The molecular weight excluding hydrogens is 188 g/mol. The molecule has 0 aliphatic heterocycles. The molecule has 0 unspecified atom stereocenters. The molecule has 0 aromatic carbocycles. The van der Waals surface area contributed by atoms with Crippen molar-refractivity contribution in [3.05, 3.63) is 11.1 Å². The Bertz CT molecular complexity index is 311. The lowest BCUT2D eigenvalue weighted by molar-refractivity contribution is 0.401. The maximum absolute atomic E-state index is 5.75. The maximum Gasteiger partial charge on any atom is 0.227 e. The Morgan fingerprint density at radius 2 is 2.08 bits per heavy atom. The molecule has 1 N–H and O–H groups in total. The molecule has 13 heavy (non-hydrogen) atoms. The van der Waals surface area contributed by atoms with Gasteiger partial charge in [-0.3, -0.25) is 0 Å². The summed E-state index contributed by atoms with van der Waals surface area (Å²) in [6.07, 6.45) is 3.61. The van der Waals surface area contributed by atoms with Crippen LogP contribution in [0.1, 0.15) is 31.0 Å². The third kappa shape index (κ3) is 1.72. The number of nitrogens with zero attached hydrogens (tertiary/aromatic N) is 3. The topological polar surface area (TPSA) is 50.7 Å². The van der Waals surface area contributed by atoms with Gasteiger partial charge in [0.15, 0.2) is 0 Å². The summed E-state index contributed by atoms with van der Waals surface area (Å²) < 4.78 is 0. The van der Waals surface area contributed by atoms with Crippen molar-refractivity contribution in [1.29, 1.82) is 0 Å². The molecule has 70 valence electrons. The van der Waals surface area contributed by atoms with E-state index in [1.807, 2.05) is 0 Å². The molecule has 1 aromatic heterocycles. The predicted molar refractivity (Wildman–Crippen MR) is 51.0 cm³/mol. The second kappa shape index (κ2) is 3.46. The SMILES string of the molecule is CNc1nc(Cl)nc(C2CCC2)n1. The van der Waals surface area contributed by atoms with E-state index in [4.69, 9.17) is 11.6 Å². The van der Waals surface area contributed by atoms with Crippen molar-refractivity contribution in [2.24, 2.45) is 0 Å². The number of anilines is 1. The summed E-state index contributed by atoms with van der Waals surface area (Å²) in [6.45, 7) is 0. The first-order valence-electron chi connectivity index (χ1n) is 4.39. The molecular formula is C8H11ClN4. The molecule has 1 fully saturated rings.